The van der Waals surface area contributed by atoms with Gasteiger partial charge in [-0.3, -0.25) is 4.79 Å². The molecular weight excluding hydrogens is 310 g/mol. The number of carbonyl (C=O) groups excluding carboxylic acids is 1. The third kappa shape index (κ3) is 4.73. The van der Waals surface area contributed by atoms with Crippen LogP contribution in [0.25, 0.3) is 0 Å². The van der Waals surface area contributed by atoms with Gasteiger partial charge >= 0.3 is 0 Å². The van der Waals surface area contributed by atoms with Gasteiger partial charge in [0.05, 0.1) is 0 Å². The Morgan fingerprint density at radius 3 is 2.48 bits per heavy atom. The van der Waals surface area contributed by atoms with Crippen molar-refractivity contribution in [3.8, 4) is 5.75 Å². The van der Waals surface area contributed by atoms with Crippen molar-refractivity contribution in [1.82, 2.24) is 0 Å². The first-order chi connectivity index (χ1) is 11.0. The summed E-state index contributed by atoms with van der Waals surface area (Å²) in [4.78, 5) is 12.5. The molecule has 3 nitrogen and oxygen atoms in total. The van der Waals surface area contributed by atoms with Gasteiger partial charge in [0.25, 0.3) is 5.91 Å². The topological polar surface area (TPSA) is 38.3 Å². The van der Waals surface area contributed by atoms with Crippen molar-refractivity contribution in [2.24, 2.45) is 0 Å². The molecule has 0 radical (unpaired) electrons. The molecule has 4 heteroatoms. The number of aryl methyl sites for hydroxylation is 2. The maximum absolute atomic E-state index is 12.5. The highest BCUT2D eigenvalue weighted by atomic mass is 35.5. The Labute approximate surface area is 142 Å². The predicted octanol–water partition coefficient (Wildman–Crippen LogP) is 5.01. The average Bonchev–Trinajstić information content (AvgIpc) is 2.56. The van der Waals surface area contributed by atoms with Crippen molar-refractivity contribution >= 4 is 23.2 Å². The number of benzene rings is 2. The third-order valence-corrected chi connectivity index (χ3v) is 3.97. The molecule has 2 aromatic carbocycles. The molecular formula is C19H22ClNO2. The van der Waals surface area contributed by atoms with Gasteiger partial charge in [-0.1, -0.05) is 43.6 Å². The van der Waals surface area contributed by atoms with Gasteiger partial charge in [-0.25, -0.2) is 0 Å². The quantitative estimate of drug-likeness (QED) is 0.808. The second-order valence-corrected chi connectivity index (χ2v) is 5.90. The lowest BCUT2D eigenvalue weighted by atomic mass is 10.1. The summed E-state index contributed by atoms with van der Waals surface area (Å²) in [7, 11) is 0. The van der Waals surface area contributed by atoms with Crippen LogP contribution >= 0.6 is 11.6 Å². The van der Waals surface area contributed by atoms with Crippen molar-refractivity contribution < 1.29 is 9.53 Å². The lowest BCUT2D eigenvalue weighted by Gasteiger charge is -2.18. The number of rotatable bonds is 6. The van der Waals surface area contributed by atoms with Crippen molar-refractivity contribution in [1.29, 1.82) is 0 Å². The van der Waals surface area contributed by atoms with Crippen molar-refractivity contribution in [2.45, 2.75) is 39.7 Å². The fourth-order valence-electron chi connectivity index (χ4n) is 2.23. The molecule has 2 aromatic rings. The molecule has 0 heterocycles. The van der Waals surface area contributed by atoms with Gasteiger partial charge in [0.1, 0.15) is 5.75 Å². The van der Waals surface area contributed by atoms with Gasteiger partial charge in [-0.2, -0.15) is 0 Å². The van der Waals surface area contributed by atoms with Gasteiger partial charge < -0.3 is 10.1 Å². The smallest absolute Gasteiger partial charge is 0.265 e. The van der Waals surface area contributed by atoms with E-state index in [1.54, 1.807) is 12.1 Å². The SMILES string of the molecule is CCc1ccc(O[C@H](CC)C(=O)Nc2cc(Cl)ccc2C)cc1. The average molecular weight is 332 g/mol. The number of nitrogens with one attached hydrogen (secondary N) is 1. The van der Waals surface area contributed by atoms with Gasteiger partial charge in [0.2, 0.25) is 0 Å². The molecule has 122 valence electrons. The minimum absolute atomic E-state index is 0.169. The largest absolute Gasteiger partial charge is 0.481 e. The molecule has 0 fully saturated rings. The first-order valence-corrected chi connectivity index (χ1v) is 8.23. The zero-order chi connectivity index (χ0) is 16.8. The second-order valence-electron chi connectivity index (χ2n) is 5.46. The van der Waals surface area contributed by atoms with Crippen LogP contribution in [-0.2, 0) is 11.2 Å². The normalized spacial score (nSPS) is 11.8. The Hall–Kier alpha value is -2.00. The Bertz CT molecular complexity index is 668. The van der Waals surface area contributed by atoms with E-state index in [1.807, 2.05) is 44.2 Å². The van der Waals surface area contributed by atoms with Crippen LogP contribution in [0.4, 0.5) is 5.69 Å². The van der Waals surface area contributed by atoms with Crippen molar-refractivity contribution in [3.05, 3.63) is 58.6 Å². The van der Waals surface area contributed by atoms with Crippen LogP contribution < -0.4 is 10.1 Å². The summed E-state index contributed by atoms with van der Waals surface area (Å²) in [6.45, 7) is 5.96. The zero-order valence-corrected chi connectivity index (χ0v) is 14.5. The molecule has 0 aliphatic rings. The van der Waals surface area contributed by atoms with Crippen LogP contribution in [-0.4, -0.2) is 12.0 Å². The predicted molar refractivity (Wildman–Crippen MR) is 95.3 cm³/mol. The van der Waals surface area contributed by atoms with Gasteiger partial charge in [-0.15, -0.1) is 0 Å². The third-order valence-electron chi connectivity index (χ3n) is 3.73. The van der Waals surface area contributed by atoms with E-state index in [0.717, 1.165) is 12.0 Å². The molecule has 0 unspecified atom stereocenters. The molecule has 0 aliphatic carbocycles. The molecule has 0 saturated heterocycles. The highest BCUT2D eigenvalue weighted by Crippen LogP contribution is 2.21. The summed E-state index contributed by atoms with van der Waals surface area (Å²) < 4.78 is 5.82. The van der Waals surface area contributed by atoms with Crippen LogP contribution in [0.1, 0.15) is 31.4 Å². The van der Waals surface area contributed by atoms with Crippen LogP contribution in [0.5, 0.6) is 5.75 Å². The first-order valence-electron chi connectivity index (χ1n) is 7.86. The van der Waals surface area contributed by atoms with Crippen LogP contribution in [0.2, 0.25) is 5.02 Å². The van der Waals surface area contributed by atoms with E-state index in [2.05, 4.69) is 12.2 Å². The van der Waals surface area contributed by atoms with E-state index in [9.17, 15) is 4.79 Å². The fraction of sp³-hybridized carbons (Fsp3) is 0.316. The number of anilines is 1. The number of amides is 1. The summed E-state index contributed by atoms with van der Waals surface area (Å²) in [6, 6.07) is 13.3. The zero-order valence-electron chi connectivity index (χ0n) is 13.7. The summed E-state index contributed by atoms with van der Waals surface area (Å²) >= 11 is 5.99. The first kappa shape index (κ1) is 17.4. The van der Waals surface area contributed by atoms with E-state index in [1.165, 1.54) is 5.56 Å². The van der Waals surface area contributed by atoms with Crippen molar-refractivity contribution in [2.75, 3.05) is 5.32 Å². The highest BCUT2D eigenvalue weighted by molar-refractivity contribution is 6.31. The maximum Gasteiger partial charge on any atom is 0.265 e. The fourth-order valence-corrected chi connectivity index (χ4v) is 2.40. The van der Waals surface area contributed by atoms with E-state index in [0.29, 0.717) is 22.9 Å². The Morgan fingerprint density at radius 1 is 1.17 bits per heavy atom. The minimum Gasteiger partial charge on any atom is -0.481 e. The Balaban J connectivity index is 2.07. The standard InChI is InChI=1S/C19H22ClNO2/c1-4-14-7-10-16(11-8-14)23-18(5-2)19(22)21-17-12-15(20)9-6-13(17)3/h6-12,18H,4-5H2,1-3H3,(H,21,22)/t18-/m1/s1. The molecule has 1 amide bonds. The van der Waals surface area contributed by atoms with E-state index in [4.69, 9.17) is 16.3 Å². The van der Waals surface area contributed by atoms with Crippen molar-refractivity contribution in [3.63, 3.8) is 0 Å². The maximum atomic E-state index is 12.5. The monoisotopic (exact) mass is 331 g/mol. The van der Waals surface area contributed by atoms with Gasteiger partial charge in [-0.05, 0) is 55.2 Å². The van der Waals surface area contributed by atoms with Gasteiger partial charge in [0.15, 0.2) is 6.10 Å². The van der Waals surface area contributed by atoms with E-state index in [-0.39, 0.29) is 5.91 Å². The number of hydrogen-bond acceptors (Lipinski definition) is 2. The Kier molecular flexibility index (Phi) is 6.05. The van der Waals surface area contributed by atoms with E-state index < -0.39 is 6.10 Å². The molecule has 1 atom stereocenters. The summed E-state index contributed by atoms with van der Waals surface area (Å²) in [6.07, 6.45) is 1.02. The molecule has 0 aliphatic heterocycles. The van der Waals surface area contributed by atoms with Crippen LogP contribution in [0, 0.1) is 6.92 Å². The molecule has 0 bridgehead atoms. The Morgan fingerprint density at radius 2 is 1.87 bits per heavy atom. The molecule has 0 aromatic heterocycles. The second kappa shape index (κ2) is 8.02. The molecule has 1 N–H and O–H groups in total. The molecule has 2 rings (SSSR count). The molecule has 0 spiro atoms. The van der Waals surface area contributed by atoms with Crippen LogP contribution in [0.15, 0.2) is 42.5 Å². The summed E-state index contributed by atoms with van der Waals surface area (Å²) in [5.74, 6) is 0.532. The molecule has 23 heavy (non-hydrogen) atoms. The lowest BCUT2D eigenvalue weighted by Crippen LogP contribution is -2.32. The number of halogens is 1. The van der Waals surface area contributed by atoms with Gasteiger partial charge in [0, 0.05) is 10.7 Å². The highest BCUT2D eigenvalue weighted by Gasteiger charge is 2.19. The summed E-state index contributed by atoms with van der Waals surface area (Å²) in [5.41, 5.74) is 2.92. The van der Waals surface area contributed by atoms with E-state index >= 15 is 0 Å². The van der Waals surface area contributed by atoms with Crippen LogP contribution in [0.3, 0.4) is 0 Å². The number of hydrogen-bond donors (Lipinski definition) is 1. The molecule has 0 saturated carbocycles. The number of carbonyl (C=O) groups is 1. The number of ether oxygens (including phenoxy) is 1. The minimum atomic E-state index is -0.541. The lowest BCUT2D eigenvalue weighted by molar-refractivity contribution is -0.122. The summed E-state index contributed by atoms with van der Waals surface area (Å²) in [5, 5.41) is 3.49.